The number of amides is 1. The Morgan fingerprint density at radius 1 is 1.27 bits per heavy atom. The summed E-state index contributed by atoms with van der Waals surface area (Å²) in [7, 11) is 0. The molecule has 0 radical (unpaired) electrons. The van der Waals surface area contributed by atoms with Crippen LogP contribution < -0.4 is 0 Å². The Bertz CT molecular complexity index is 775. The lowest BCUT2D eigenvalue weighted by molar-refractivity contribution is -0.136. The molecule has 3 heterocycles. The fourth-order valence-electron chi connectivity index (χ4n) is 3.73. The maximum Gasteiger partial charge on any atom is 0.227 e. The molecule has 1 atom stereocenters. The minimum atomic E-state index is 0.213. The van der Waals surface area contributed by atoms with Crippen LogP contribution in [0.3, 0.4) is 0 Å². The highest BCUT2D eigenvalue weighted by atomic mass is 32.2. The molecule has 0 bridgehead atoms. The molecule has 4 nitrogen and oxygen atoms in total. The molecule has 0 N–H and O–H groups in total. The van der Waals surface area contributed by atoms with E-state index in [1.54, 1.807) is 12.4 Å². The molecule has 2 aliphatic rings. The molecule has 2 aliphatic heterocycles. The van der Waals surface area contributed by atoms with Crippen molar-refractivity contribution in [1.82, 2.24) is 9.88 Å². The number of nitrogens with zero attached hydrogens (tertiary/aromatic N) is 2. The molecule has 26 heavy (non-hydrogen) atoms. The fraction of sp³-hybridized carbons (Fsp3) is 0.429. The van der Waals surface area contributed by atoms with Crippen LogP contribution in [0.1, 0.15) is 23.1 Å². The number of aryl methyl sites for hydroxylation is 1. The fourth-order valence-corrected chi connectivity index (χ4v) is 5.28. The van der Waals surface area contributed by atoms with Crippen molar-refractivity contribution in [2.45, 2.75) is 37.2 Å². The van der Waals surface area contributed by atoms with Gasteiger partial charge in [0.05, 0.1) is 23.9 Å². The summed E-state index contributed by atoms with van der Waals surface area (Å²) in [5.41, 5.74) is 3.49. The minimum absolute atomic E-state index is 0.213. The number of carbonyl (C=O) groups excluding carboxylic acids is 1. The summed E-state index contributed by atoms with van der Waals surface area (Å²) in [6.07, 6.45) is 5.43. The number of pyridine rings is 1. The summed E-state index contributed by atoms with van der Waals surface area (Å²) in [5, 5.41) is 0. The van der Waals surface area contributed by atoms with Crippen molar-refractivity contribution in [2.75, 3.05) is 18.8 Å². The van der Waals surface area contributed by atoms with Gasteiger partial charge in [0.15, 0.2) is 0 Å². The lowest BCUT2D eigenvalue weighted by Crippen LogP contribution is -2.61. The SMILES string of the molecule is Cc1ccccc1CC(=O)N1CC2(CC(OCc3ccncc3)CS2)C1. The van der Waals surface area contributed by atoms with Crippen LogP contribution >= 0.6 is 11.8 Å². The number of aromatic nitrogens is 1. The Morgan fingerprint density at radius 2 is 2.04 bits per heavy atom. The Kier molecular flexibility index (Phi) is 5.00. The number of benzene rings is 1. The Labute approximate surface area is 159 Å². The summed E-state index contributed by atoms with van der Waals surface area (Å²) in [4.78, 5) is 18.6. The van der Waals surface area contributed by atoms with Crippen molar-refractivity contribution in [3.63, 3.8) is 0 Å². The number of thioether (sulfide) groups is 1. The smallest absolute Gasteiger partial charge is 0.227 e. The molecular formula is C21H24N2O2S. The van der Waals surface area contributed by atoms with E-state index in [1.807, 2.05) is 40.9 Å². The molecule has 2 fully saturated rings. The first-order valence-corrected chi connectivity index (χ1v) is 10.1. The van der Waals surface area contributed by atoms with Crippen molar-refractivity contribution >= 4 is 17.7 Å². The Hall–Kier alpha value is -1.85. The minimum Gasteiger partial charge on any atom is -0.373 e. The third kappa shape index (κ3) is 3.79. The van der Waals surface area contributed by atoms with Gasteiger partial charge in [-0.2, -0.15) is 0 Å². The second-order valence-corrected chi connectivity index (χ2v) is 8.83. The molecule has 1 spiro atoms. The van der Waals surface area contributed by atoms with Crippen molar-refractivity contribution in [3.8, 4) is 0 Å². The number of hydrogen-bond acceptors (Lipinski definition) is 4. The molecule has 1 aromatic carbocycles. The first kappa shape index (κ1) is 17.6. The van der Waals surface area contributed by atoms with Gasteiger partial charge in [0, 0.05) is 31.2 Å². The molecule has 0 aliphatic carbocycles. The summed E-state index contributed by atoms with van der Waals surface area (Å²) in [6.45, 7) is 4.42. The van der Waals surface area contributed by atoms with Gasteiger partial charge in [-0.25, -0.2) is 0 Å². The van der Waals surface area contributed by atoms with E-state index in [9.17, 15) is 4.79 Å². The van der Waals surface area contributed by atoms with E-state index < -0.39 is 0 Å². The van der Waals surface area contributed by atoms with Gasteiger partial charge in [-0.3, -0.25) is 9.78 Å². The normalized spacial score (nSPS) is 21.0. The Balaban J connectivity index is 1.25. The van der Waals surface area contributed by atoms with Gasteiger partial charge in [-0.15, -0.1) is 11.8 Å². The van der Waals surface area contributed by atoms with E-state index in [0.717, 1.165) is 36.4 Å². The molecular weight excluding hydrogens is 344 g/mol. The highest BCUT2D eigenvalue weighted by Crippen LogP contribution is 2.46. The molecule has 2 saturated heterocycles. The van der Waals surface area contributed by atoms with Crippen LogP contribution in [-0.2, 0) is 22.6 Å². The number of rotatable bonds is 5. The predicted molar refractivity (Wildman–Crippen MR) is 104 cm³/mol. The van der Waals surface area contributed by atoms with Crippen LogP contribution in [-0.4, -0.2) is 45.5 Å². The zero-order chi connectivity index (χ0) is 18.0. The molecule has 1 aromatic heterocycles. The number of likely N-dealkylation sites (tertiary alicyclic amines) is 1. The van der Waals surface area contributed by atoms with Gasteiger partial charge in [0.1, 0.15) is 0 Å². The van der Waals surface area contributed by atoms with E-state index in [1.165, 1.54) is 5.56 Å². The summed E-state index contributed by atoms with van der Waals surface area (Å²) in [6, 6.07) is 12.1. The second kappa shape index (κ2) is 7.41. The van der Waals surface area contributed by atoms with Crippen LogP contribution in [0.25, 0.3) is 0 Å². The van der Waals surface area contributed by atoms with Crippen LogP contribution in [0.2, 0.25) is 0 Å². The monoisotopic (exact) mass is 368 g/mol. The van der Waals surface area contributed by atoms with Crippen molar-refractivity contribution in [3.05, 3.63) is 65.5 Å². The number of hydrogen-bond donors (Lipinski definition) is 0. The van der Waals surface area contributed by atoms with Crippen molar-refractivity contribution < 1.29 is 9.53 Å². The predicted octanol–water partition coefficient (Wildman–Crippen LogP) is 3.24. The van der Waals surface area contributed by atoms with E-state index in [0.29, 0.717) is 13.0 Å². The van der Waals surface area contributed by atoms with Crippen LogP contribution in [0.5, 0.6) is 0 Å². The molecule has 1 unspecified atom stereocenters. The van der Waals surface area contributed by atoms with E-state index in [-0.39, 0.29) is 16.8 Å². The largest absolute Gasteiger partial charge is 0.373 e. The summed E-state index contributed by atoms with van der Waals surface area (Å²) in [5.74, 6) is 1.26. The van der Waals surface area contributed by atoms with E-state index >= 15 is 0 Å². The van der Waals surface area contributed by atoms with Crippen LogP contribution in [0, 0.1) is 6.92 Å². The molecule has 5 heteroatoms. The van der Waals surface area contributed by atoms with Gasteiger partial charge < -0.3 is 9.64 Å². The quantitative estimate of drug-likeness (QED) is 0.813. The van der Waals surface area contributed by atoms with Crippen LogP contribution in [0.4, 0.5) is 0 Å². The molecule has 4 rings (SSSR count). The van der Waals surface area contributed by atoms with Gasteiger partial charge in [-0.1, -0.05) is 24.3 Å². The van der Waals surface area contributed by atoms with E-state index in [4.69, 9.17) is 4.74 Å². The molecule has 0 saturated carbocycles. The highest BCUT2D eigenvalue weighted by Gasteiger charge is 2.50. The first-order valence-electron chi connectivity index (χ1n) is 9.10. The zero-order valence-electron chi connectivity index (χ0n) is 15.1. The first-order chi connectivity index (χ1) is 12.6. The van der Waals surface area contributed by atoms with Crippen molar-refractivity contribution in [2.24, 2.45) is 0 Å². The van der Waals surface area contributed by atoms with Crippen LogP contribution in [0.15, 0.2) is 48.8 Å². The zero-order valence-corrected chi connectivity index (χ0v) is 15.9. The van der Waals surface area contributed by atoms with Gasteiger partial charge in [0.2, 0.25) is 5.91 Å². The lowest BCUT2D eigenvalue weighted by Gasteiger charge is -2.47. The van der Waals surface area contributed by atoms with E-state index in [2.05, 4.69) is 24.0 Å². The molecule has 136 valence electrons. The summed E-state index contributed by atoms with van der Waals surface area (Å²) < 4.78 is 6.29. The Morgan fingerprint density at radius 3 is 2.81 bits per heavy atom. The third-order valence-corrected chi connectivity index (χ3v) is 6.90. The molecule has 2 aromatic rings. The standard InChI is InChI=1S/C21H24N2O2S/c1-16-4-2-3-5-18(16)10-20(24)23-14-21(15-23)11-19(13-26-21)25-12-17-6-8-22-9-7-17/h2-9,19H,10-15H2,1H3. The average molecular weight is 369 g/mol. The number of carbonyl (C=O) groups is 1. The number of ether oxygens (including phenoxy) is 1. The second-order valence-electron chi connectivity index (χ2n) is 7.34. The van der Waals surface area contributed by atoms with Crippen molar-refractivity contribution in [1.29, 1.82) is 0 Å². The lowest BCUT2D eigenvalue weighted by atomic mass is 9.92. The summed E-state index contributed by atoms with van der Waals surface area (Å²) >= 11 is 1.97. The topological polar surface area (TPSA) is 42.4 Å². The maximum absolute atomic E-state index is 12.6. The van der Waals surface area contributed by atoms with Gasteiger partial charge >= 0.3 is 0 Å². The third-order valence-electron chi connectivity index (χ3n) is 5.32. The highest BCUT2D eigenvalue weighted by molar-refractivity contribution is 8.01. The van der Waals surface area contributed by atoms with Gasteiger partial charge in [-0.05, 0) is 42.2 Å². The molecule has 1 amide bonds. The maximum atomic E-state index is 12.6. The average Bonchev–Trinajstić information content (AvgIpc) is 3.06. The van der Waals surface area contributed by atoms with Gasteiger partial charge in [0.25, 0.3) is 0 Å².